The number of halogens is 1. The normalized spacial score (nSPS) is 17.6. The molecule has 8 nitrogen and oxygen atoms in total. The summed E-state index contributed by atoms with van der Waals surface area (Å²) in [5.41, 5.74) is 7.46. The SMILES string of the molecule is Cl.NCCCCCCCCCC(=O)Nc1ccc2c(c1)CN(C1CCC(=O)NC1=O)C2=O. The van der Waals surface area contributed by atoms with E-state index in [1.54, 1.807) is 18.2 Å². The fourth-order valence-corrected chi connectivity index (χ4v) is 4.19. The molecule has 1 unspecified atom stereocenters. The zero-order valence-corrected chi connectivity index (χ0v) is 19.2. The maximum absolute atomic E-state index is 12.7. The third-order valence-electron chi connectivity index (χ3n) is 5.92. The summed E-state index contributed by atoms with van der Waals surface area (Å²) in [6.07, 6.45) is 8.71. The molecular formula is C23H33ClN4O4. The number of amides is 4. The van der Waals surface area contributed by atoms with Crippen LogP contribution in [0.15, 0.2) is 18.2 Å². The van der Waals surface area contributed by atoms with Crippen molar-refractivity contribution in [2.75, 3.05) is 11.9 Å². The minimum Gasteiger partial charge on any atom is -0.330 e. The monoisotopic (exact) mass is 464 g/mol. The minimum atomic E-state index is -0.633. The number of imide groups is 1. The molecule has 2 aliphatic rings. The van der Waals surface area contributed by atoms with Gasteiger partial charge in [0.2, 0.25) is 17.7 Å². The predicted molar refractivity (Wildman–Crippen MR) is 124 cm³/mol. The van der Waals surface area contributed by atoms with E-state index >= 15 is 0 Å². The summed E-state index contributed by atoms with van der Waals surface area (Å²) in [6.45, 7) is 1.06. The molecule has 0 saturated carbocycles. The summed E-state index contributed by atoms with van der Waals surface area (Å²) in [5.74, 6) is -0.976. The number of benzene rings is 1. The second-order valence-electron chi connectivity index (χ2n) is 8.33. The van der Waals surface area contributed by atoms with Gasteiger partial charge in [0, 0.05) is 30.6 Å². The Hall–Kier alpha value is -2.45. The number of nitrogens with zero attached hydrogens (tertiary/aromatic N) is 1. The highest BCUT2D eigenvalue weighted by atomic mass is 35.5. The van der Waals surface area contributed by atoms with Gasteiger partial charge < -0.3 is 16.0 Å². The minimum absolute atomic E-state index is 0. The largest absolute Gasteiger partial charge is 0.330 e. The molecule has 176 valence electrons. The number of fused-ring (bicyclic) bond motifs is 1. The van der Waals surface area contributed by atoms with Gasteiger partial charge >= 0.3 is 0 Å². The molecule has 4 amide bonds. The van der Waals surface area contributed by atoms with E-state index in [0.717, 1.165) is 37.8 Å². The van der Waals surface area contributed by atoms with Crippen molar-refractivity contribution in [3.63, 3.8) is 0 Å². The molecule has 2 heterocycles. The molecule has 1 atom stereocenters. The molecule has 1 saturated heterocycles. The zero-order chi connectivity index (χ0) is 22.2. The Labute approximate surface area is 195 Å². The van der Waals surface area contributed by atoms with Crippen LogP contribution < -0.4 is 16.4 Å². The summed E-state index contributed by atoms with van der Waals surface area (Å²) in [5, 5.41) is 5.21. The highest BCUT2D eigenvalue weighted by Gasteiger charge is 2.39. The van der Waals surface area contributed by atoms with Crippen LogP contribution in [0.3, 0.4) is 0 Å². The van der Waals surface area contributed by atoms with Gasteiger partial charge in [-0.05, 0) is 49.6 Å². The molecule has 1 aromatic rings. The van der Waals surface area contributed by atoms with Gasteiger partial charge in [-0.3, -0.25) is 24.5 Å². The van der Waals surface area contributed by atoms with Crippen LogP contribution in [0.5, 0.6) is 0 Å². The average Bonchev–Trinajstić information content (AvgIpc) is 3.05. The molecule has 2 aliphatic heterocycles. The van der Waals surface area contributed by atoms with Gasteiger partial charge in [-0.1, -0.05) is 32.1 Å². The van der Waals surface area contributed by atoms with Crippen LogP contribution in [0.1, 0.15) is 80.1 Å². The van der Waals surface area contributed by atoms with E-state index < -0.39 is 11.9 Å². The number of nitrogens with two attached hydrogens (primary N) is 1. The molecule has 0 bridgehead atoms. The Morgan fingerprint density at radius 2 is 1.75 bits per heavy atom. The van der Waals surface area contributed by atoms with E-state index in [1.165, 1.54) is 24.2 Å². The number of rotatable bonds is 11. The van der Waals surface area contributed by atoms with Crippen molar-refractivity contribution < 1.29 is 19.2 Å². The van der Waals surface area contributed by atoms with E-state index in [2.05, 4.69) is 10.6 Å². The standard InChI is InChI=1S/C23H32N4O4.ClH/c24-13-7-5-3-1-2-4-6-8-20(28)25-17-9-10-18-16(14-17)15-27(23(18)31)19-11-12-21(29)26-22(19)30;/h9-10,14,19H,1-8,11-13,15,24H2,(H,25,28)(H,26,29,30);1H. The molecule has 1 aromatic carbocycles. The molecule has 32 heavy (non-hydrogen) atoms. The van der Waals surface area contributed by atoms with E-state index in [1.807, 2.05) is 0 Å². The topological polar surface area (TPSA) is 122 Å². The third-order valence-corrected chi connectivity index (χ3v) is 5.92. The van der Waals surface area contributed by atoms with E-state index in [-0.39, 0.29) is 36.5 Å². The number of unbranched alkanes of at least 4 members (excludes halogenated alkanes) is 6. The number of piperidine rings is 1. The molecule has 3 rings (SSSR count). The molecule has 0 aromatic heterocycles. The van der Waals surface area contributed by atoms with Crippen molar-refractivity contribution in [1.29, 1.82) is 0 Å². The van der Waals surface area contributed by atoms with Crippen LogP contribution in [0.2, 0.25) is 0 Å². The lowest BCUT2D eigenvalue weighted by atomic mass is 10.0. The van der Waals surface area contributed by atoms with Crippen LogP contribution in [0.4, 0.5) is 5.69 Å². The fraction of sp³-hybridized carbons (Fsp3) is 0.565. The number of carbonyl (C=O) groups excluding carboxylic acids is 4. The summed E-state index contributed by atoms with van der Waals surface area (Å²) < 4.78 is 0. The van der Waals surface area contributed by atoms with Crippen molar-refractivity contribution >= 4 is 41.7 Å². The number of hydrogen-bond donors (Lipinski definition) is 3. The number of nitrogens with one attached hydrogen (secondary N) is 2. The first-order valence-corrected chi connectivity index (χ1v) is 11.3. The van der Waals surface area contributed by atoms with Crippen molar-refractivity contribution in [1.82, 2.24) is 10.2 Å². The van der Waals surface area contributed by atoms with Gasteiger partial charge in [-0.2, -0.15) is 0 Å². The number of carbonyl (C=O) groups is 4. The smallest absolute Gasteiger partial charge is 0.255 e. The maximum Gasteiger partial charge on any atom is 0.255 e. The van der Waals surface area contributed by atoms with Gasteiger partial charge in [0.15, 0.2) is 0 Å². The van der Waals surface area contributed by atoms with Crippen molar-refractivity contribution in [3.8, 4) is 0 Å². The van der Waals surface area contributed by atoms with Gasteiger partial charge in [-0.25, -0.2) is 0 Å². The maximum atomic E-state index is 12.7. The van der Waals surface area contributed by atoms with Crippen LogP contribution in [0.25, 0.3) is 0 Å². The van der Waals surface area contributed by atoms with E-state index in [4.69, 9.17) is 5.73 Å². The average molecular weight is 465 g/mol. The lowest BCUT2D eigenvalue weighted by Crippen LogP contribution is -2.52. The summed E-state index contributed by atoms with van der Waals surface area (Å²) in [6, 6.07) is 4.58. The first-order chi connectivity index (χ1) is 15.0. The molecule has 9 heteroatoms. The zero-order valence-electron chi connectivity index (χ0n) is 18.4. The quantitative estimate of drug-likeness (QED) is 0.343. The Balaban J connectivity index is 0.00000363. The third kappa shape index (κ3) is 6.77. The molecule has 0 aliphatic carbocycles. The summed E-state index contributed by atoms with van der Waals surface area (Å²) >= 11 is 0. The van der Waals surface area contributed by atoms with Gasteiger partial charge in [0.05, 0.1) is 0 Å². The molecular weight excluding hydrogens is 432 g/mol. The fourth-order valence-electron chi connectivity index (χ4n) is 4.19. The predicted octanol–water partition coefficient (Wildman–Crippen LogP) is 2.89. The van der Waals surface area contributed by atoms with Gasteiger partial charge in [0.25, 0.3) is 5.91 Å². The molecule has 0 radical (unpaired) electrons. The molecule has 1 fully saturated rings. The molecule has 0 spiro atoms. The Morgan fingerprint density at radius 3 is 2.44 bits per heavy atom. The van der Waals surface area contributed by atoms with Crippen LogP contribution in [-0.2, 0) is 20.9 Å². The Kier molecular flexibility index (Phi) is 10.1. The van der Waals surface area contributed by atoms with Gasteiger partial charge in [-0.15, -0.1) is 12.4 Å². The Bertz CT molecular complexity index is 845. The summed E-state index contributed by atoms with van der Waals surface area (Å²) in [7, 11) is 0. The van der Waals surface area contributed by atoms with Crippen LogP contribution in [-0.4, -0.2) is 41.1 Å². The molecule has 4 N–H and O–H groups in total. The van der Waals surface area contributed by atoms with E-state index in [0.29, 0.717) is 30.6 Å². The van der Waals surface area contributed by atoms with E-state index in [9.17, 15) is 19.2 Å². The van der Waals surface area contributed by atoms with Crippen molar-refractivity contribution in [3.05, 3.63) is 29.3 Å². The second-order valence-corrected chi connectivity index (χ2v) is 8.33. The van der Waals surface area contributed by atoms with Crippen LogP contribution >= 0.6 is 12.4 Å². The van der Waals surface area contributed by atoms with Crippen molar-refractivity contribution in [2.24, 2.45) is 5.73 Å². The lowest BCUT2D eigenvalue weighted by Gasteiger charge is -2.29. The van der Waals surface area contributed by atoms with Crippen LogP contribution in [0, 0.1) is 0 Å². The highest BCUT2D eigenvalue weighted by Crippen LogP contribution is 2.29. The first kappa shape index (κ1) is 25.8. The second kappa shape index (κ2) is 12.6. The Morgan fingerprint density at radius 1 is 1.06 bits per heavy atom. The lowest BCUT2D eigenvalue weighted by molar-refractivity contribution is -0.137. The number of anilines is 1. The summed E-state index contributed by atoms with van der Waals surface area (Å²) in [4.78, 5) is 50.0. The first-order valence-electron chi connectivity index (χ1n) is 11.3. The van der Waals surface area contributed by atoms with Gasteiger partial charge in [0.1, 0.15) is 6.04 Å². The highest BCUT2D eigenvalue weighted by molar-refractivity contribution is 6.05. The number of hydrogen-bond acceptors (Lipinski definition) is 5. The van der Waals surface area contributed by atoms with Crippen molar-refractivity contribution in [2.45, 2.75) is 76.8 Å².